The zero-order chi connectivity index (χ0) is 15.3. The fourth-order valence-electron chi connectivity index (χ4n) is 1.66. The first-order valence-electron chi connectivity index (χ1n) is 6.79. The van der Waals surface area contributed by atoms with Crippen molar-refractivity contribution in [3.05, 3.63) is 28.8 Å². The van der Waals surface area contributed by atoms with Gasteiger partial charge in [0.15, 0.2) is 6.10 Å². The number of halogens is 1. The van der Waals surface area contributed by atoms with Gasteiger partial charge in [0.05, 0.1) is 6.10 Å². The van der Waals surface area contributed by atoms with Crippen LogP contribution in [-0.2, 0) is 4.79 Å². The highest BCUT2D eigenvalue weighted by molar-refractivity contribution is 6.30. The van der Waals surface area contributed by atoms with Crippen LogP contribution in [0.25, 0.3) is 0 Å². The molecular formula is C15H22ClNO3. The van der Waals surface area contributed by atoms with Crippen molar-refractivity contribution >= 4 is 17.5 Å². The summed E-state index contributed by atoms with van der Waals surface area (Å²) in [7, 11) is 0. The molecule has 0 radical (unpaired) electrons. The Balaban J connectivity index is 2.80. The largest absolute Gasteiger partial charge is 0.481 e. The van der Waals surface area contributed by atoms with Crippen LogP contribution in [0, 0.1) is 0 Å². The summed E-state index contributed by atoms with van der Waals surface area (Å²) in [5.74, 6) is 0.294. The molecule has 0 aliphatic heterocycles. The predicted octanol–water partition coefficient (Wildman–Crippen LogP) is 3.08. The van der Waals surface area contributed by atoms with E-state index in [-0.39, 0.29) is 11.9 Å². The minimum Gasteiger partial charge on any atom is -0.481 e. The summed E-state index contributed by atoms with van der Waals surface area (Å²) in [6.07, 6.45) is -0.491. The number of carbonyl (C=O) groups excluding carboxylic acids is 1. The fraction of sp³-hybridized carbons (Fsp3) is 0.533. The van der Waals surface area contributed by atoms with Crippen LogP contribution in [-0.4, -0.2) is 23.2 Å². The van der Waals surface area contributed by atoms with Gasteiger partial charge in [-0.05, 0) is 45.4 Å². The molecule has 20 heavy (non-hydrogen) atoms. The van der Waals surface area contributed by atoms with Gasteiger partial charge in [0.2, 0.25) is 0 Å². The molecule has 1 amide bonds. The van der Waals surface area contributed by atoms with E-state index in [1.165, 1.54) is 0 Å². The SMILES string of the molecule is CCC(C)NC(=O)C(C)Oc1ccc(Cl)cc1[C@@H](C)O. The number of aliphatic hydroxyl groups excluding tert-OH is 1. The molecule has 112 valence electrons. The van der Waals surface area contributed by atoms with Crippen LogP contribution >= 0.6 is 11.6 Å². The lowest BCUT2D eigenvalue weighted by Gasteiger charge is -2.20. The number of amides is 1. The number of rotatable bonds is 6. The maximum absolute atomic E-state index is 11.9. The van der Waals surface area contributed by atoms with Gasteiger partial charge in [-0.3, -0.25) is 4.79 Å². The third-order valence-electron chi connectivity index (χ3n) is 3.10. The molecule has 3 atom stereocenters. The normalized spacial score (nSPS) is 15.3. The summed E-state index contributed by atoms with van der Waals surface area (Å²) in [5.41, 5.74) is 0.570. The molecule has 0 bridgehead atoms. The summed E-state index contributed by atoms with van der Waals surface area (Å²) in [4.78, 5) is 11.9. The van der Waals surface area contributed by atoms with E-state index in [0.29, 0.717) is 16.3 Å². The minimum atomic E-state index is -0.714. The molecule has 0 fully saturated rings. The molecule has 2 unspecified atom stereocenters. The molecule has 0 aliphatic carbocycles. The van der Waals surface area contributed by atoms with E-state index in [2.05, 4.69) is 5.32 Å². The van der Waals surface area contributed by atoms with Gasteiger partial charge >= 0.3 is 0 Å². The Kier molecular flexibility index (Phi) is 6.30. The Labute approximate surface area is 125 Å². The average molecular weight is 300 g/mol. The summed E-state index contributed by atoms with van der Waals surface area (Å²) in [6.45, 7) is 7.25. The Morgan fingerprint density at radius 1 is 1.40 bits per heavy atom. The van der Waals surface area contributed by atoms with Crippen molar-refractivity contribution in [2.45, 2.75) is 52.4 Å². The lowest BCUT2D eigenvalue weighted by Crippen LogP contribution is -2.41. The fourth-order valence-corrected chi connectivity index (χ4v) is 1.84. The Bertz CT molecular complexity index is 462. The number of benzene rings is 1. The quantitative estimate of drug-likeness (QED) is 0.848. The topological polar surface area (TPSA) is 58.6 Å². The number of hydrogen-bond acceptors (Lipinski definition) is 3. The summed E-state index contributed by atoms with van der Waals surface area (Å²) in [5, 5.41) is 13.1. The van der Waals surface area contributed by atoms with Gasteiger partial charge in [-0.15, -0.1) is 0 Å². The van der Waals surface area contributed by atoms with Crippen LogP contribution in [0.1, 0.15) is 45.8 Å². The standard InChI is InChI=1S/C15H22ClNO3/c1-5-9(2)17-15(19)11(4)20-14-7-6-12(16)8-13(14)10(3)18/h6-11,18H,5H2,1-4H3,(H,17,19)/t9?,10-,11?/m1/s1. The second-order valence-corrected chi connectivity index (χ2v) is 5.37. The molecule has 4 nitrogen and oxygen atoms in total. The number of ether oxygens (including phenoxy) is 1. The second kappa shape index (κ2) is 7.50. The maximum atomic E-state index is 11.9. The van der Waals surface area contributed by atoms with E-state index < -0.39 is 12.2 Å². The van der Waals surface area contributed by atoms with E-state index in [1.807, 2.05) is 13.8 Å². The first-order chi connectivity index (χ1) is 9.35. The third-order valence-corrected chi connectivity index (χ3v) is 3.33. The average Bonchev–Trinajstić information content (AvgIpc) is 2.40. The van der Waals surface area contributed by atoms with Crippen LogP contribution in [0.4, 0.5) is 0 Å². The first-order valence-corrected chi connectivity index (χ1v) is 7.17. The monoisotopic (exact) mass is 299 g/mol. The van der Waals surface area contributed by atoms with Crippen molar-refractivity contribution in [3.8, 4) is 5.75 Å². The van der Waals surface area contributed by atoms with Crippen LogP contribution in [0.3, 0.4) is 0 Å². The summed E-state index contributed by atoms with van der Waals surface area (Å²) in [6, 6.07) is 5.08. The van der Waals surface area contributed by atoms with E-state index in [1.54, 1.807) is 32.0 Å². The van der Waals surface area contributed by atoms with Gasteiger partial charge < -0.3 is 15.2 Å². The highest BCUT2D eigenvalue weighted by Gasteiger charge is 2.19. The van der Waals surface area contributed by atoms with E-state index >= 15 is 0 Å². The lowest BCUT2D eigenvalue weighted by atomic mass is 10.1. The molecule has 0 aliphatic rings. The van der Waals surface area contributed by atoms with Gasteiger partial charge in [-0.25, -0.2) is 0 Å². The molecule has 0 heterocycles. The van der Waals surface area contributed by atoms with Crippen LogP contribution in [0.15, 0.2) is 18.2 Å². The van der Waals surface area contributed by atoms with E-state index in [4.69, 9.17) is 16.3 Å². The zero-order valence-corrected chi connectivity index (χ0v) is 13.1. The predicted molar refractivity (Wildman–Crippen MR) is 80.1 cm³/mol. The number of aliphatic hydroxyl groups is 1. The van der Waals surface area contributed by atoms with Gasteiger partial charge in [0, 0.05) is 16.6 Å². The zero-order valence-electron chi connectivity index (χ0n) is 12.3. The molecule has 0 saturated heterocycles. The van der Waals surface area contributed by atoms with Crippen LogP contribution < -0.4 is 10.1 Å². The van der Waals surface area contributed by atoms with Crippen LogP contribution in [0.2, 0.25) is 5.02 Å². The summed E-state index contributed by atoms with van der Waals surface area (Å²) >= 11 is 5.90. The molecule has 5 heteroatoms. The van der Waals surface area contributed by atoms with E-state index in [9.17, 15) is 9.90 Å². The number of carbonyl (C=O) groups is 1. The van der Waals surface area contributed by atoms with E-state index in [0.717, 1.165) is 6.42 Å². The van der Waals surface area contributed by atoms with Crippen molar-refractivity contribution in [1.82, 2.24) is 5.32 Å². The number of nitrogens with one attached hydrogen (secondary N) is 1. The van der Waals surface area contributed by atoms with Crippen molar-refractivity contribution < 1.29 is 14.6 Å². The maximum Gasteiger partial charge on any atom is 0.260 e. The third kappa shape index (κ3) is 4.69. The number of hydrogen-bond donors (Lipinski definition) is 2. The molecule has 0 saturated carbocycles. The second-order valence-electron chi connectivity index (χ2n) is 4.94. The molecule has 2 N–H and O–H groups in total. The Morgan fingerprint density at radius 3 is 2.60 bits per heavy atom. The highest BCUT2D eigenvalue weighted by Crippen LogP contribution is 2.29. The van der Waals surface area contributed by atoms with Gasteiger partial charge in [0.25, 0.3) is 5.91 Å². The molecular weight excluding hydrogens is 278 g/mol. The van der Waals surface area contributed by atoms with Crippen molar-refractivity contribution in [1.29, 1.82) is 0 Å². The minimum absolute atomic E-state index is 0.106. The molecule has 1 aromatic rings. The molecule has 1 rings (SSSR count). The van der Waals surface area contributed by atoms with Crippen molar-refractivity contribution in [2.75, 3.05) is 0 Å². The highest BCUT2D eigenvalue weighted by atomic mass is 35.5. The molecule has 0 aromatic heterocycles. The Morgan fingerprint density at radius 2 is 2.05 bits per heavy atom. The van der Waals surface area contributed by atoms with Crippen LogP contribution in [0.5, 0.6) is 5.75 Å². The van der Waals surface area contributed by atoms with Crippen molar-refractivity contribution in [3.63, 3.8) is 0 Å². The Hall–Kier alpha value is -1.26. The smallest absolute Gasteiger partial charge is 0.260 e. The lowest BCUT2D eigenvalue weighted by molar-refractivity contribution is -0.127. The van der Waals surface area contributed by atoms with Gasteiger partial charge in [0.1, 0.15) is 5.75 Å². The molecule has 0 spiro atoms. The van der Waals surface area contributed by atoms with Crippen molar-refractivity contribution in [2.24, 2.45) is 0 Å². The van der Waals surface area contributed by atoms with Gasteiger partial charge in [-0.2, -0.15) is 0 Å². The first kappa shape index (κ1) is 16.8. The summed E-state index contributed by atoms with van der Waals surface area (Å²) < 4.78 is 5.64. The molecule has 1 aromatic carbocycles. The van der Waals surface area contributed by atoms with Gasteiger partial charge in [-0.1, -0.05) is 18.5 Å².